The number of carbonyl (C=O) groups excluding carboxylic acids is 1. The fourth-order valence-electron chi connectivity index (χ4n) is 3.86. The van der Waals surface area contributed by atoms with Crippen LogP contribution in [0.5, 0.6) is 17.2 Å². The molecular weight excluding hydrogens is 402 g/mol. The van der Waals surface area contributed by atoms with Gasteiger partial charge in [0.05, 0.1) is 26.5 Å². The Labute approximate surface area is 181 Å². The number of aliphatic carboxylic acids is 1. The van der Waals surface area contributed by atoms with Gasteiger partial charge in [-0.1, -0.05) is 31.5 Å². The second-order valence-electron chi connectivity index (χ2n) is 7.40. The summed E-state index contributed by atoms with van der Waals surface area (Å²) in [7, 11) is 3.12. The van der Waals surface area contributed by atoms with Crippen LogP contribution in [0.1, 0.15) is 31.7 Å². The van der Waals surface area contributed by atoms with Crippen molar-refractivity contribution in [2.24, 2.45) is 0 Å². The van der Waals surface area contributed by atoms with E-state index in [0.29, 0.717) is 42.9 Å². The van der Waals surface area contributed by atoms with E-state index in [2.05, 4.69) is 0 Å². The topological polar surface area (TPSA) is 94.5 Å². The molecule has 8 nitrogen and oxygen atoms in total. The third-order valence-electron chi connectivity index (χ3n) is 5.28. The van der Waals surface area contributed by atoms with E-state index in [0.717, 1.165) is 11.3 Å². The number of aryl methyl sites for hydroxylation is 1. The second kappa shape index (κ2) is 9.59. The van der Waals surface area contributed by atoms with E-state index in [1.165, 1.54) is 0 Å². The zero-order chi connectivity index (χ0) is 22.4. The summed E-state index contributed by atoms with van der Waals surface area (Å²) >= 11 is 0. The quantitative estimate of drug-likeness (QED) is 0.527. The summed E-state index contributed by atoms with van der Waals surface area (Å²) in [4.78, 5) is 29.4. The van der Waals surface area contributed by atoms with E-state index >= 15 is 0 Å². The molecule has 1 unspecified atom stereocenters. The Kier molecular flexibility index (Phi) is 6.89. The Morgan fingerprint density at radius 2 is 1.77 bits per heavy atom. The maximum atomic E-state index is 12.0. The van der Waals surface area contributed by atoms with Crippen LogP contribution in [0, 0.1) is 0 Å². The van der Waals surface area contributed by atoms with Gasteiger partial charge in [-0.05, 0) is 43.0 Å². The van der Waals surface area contributed by atoms with Crippen LogP contribution < -0.4 is 19.4 Å². The van der Waals surface area contributed by atoms with Crippen LogP contribution in [0.25, 0.3) is 0 Å². The highest BCUT2D eigenvalue weighted by atomic mass is 16.7. The molecule has 1 aliphatic heterocycles. The van der Waals surface area contributed by atoms with E-state index in [-0.39, 0.29) is 6.54 Å². The smallest absolute Gasteiger partial charge is 0.417 e. The number of rotatable bonds is 7. The van der Waals surface area contributed by atoms with Crippen LogP contribution in [-0.2, 0) is 20.7 Å². The Morgan fingerprint density at radius 3 is 2.39 bits per heavy atom. The van der Waals surface area contributed by atoms with Crippen molar-refractivity contribution < 1.29 is 33.7 Å². The lowest BCUT2D eigenvalue weighted by atomic mass is 9.91. The monoisotopic (exact) mass is 429 g/mol. The Morgan fingerprint density at radius 1 is 1.10 bits per heavy atom. The molecule has 2 aromatic carbocycles. The van der Waals surface area contributed by atoms with Gasteiger partial charge in [-0.15, -0.1) is 0 Å². The minimum atomic E-state index is -1.61. The number of hydrogen-bond donors (Lipinski definition) is 1. The van der Waals surface area contributed by atoms with E-state index in [9.17, 15) is 9.59 Å². The number of hydrogen-bond acceptors (Lipinski definition) is 7. The van der Waals surface area contributed by atoms with Gasteiger partial charge in [0.1, 0.15) is 5.60 Å². The molecule has 2 aromatic rings. The number of carboxylic acids is 1. The van der Waals surface area contributed by atoms with Crippen molar-refractivity contribution in [3.05, 3.63) is 48.0 Å². The molecule has 0 fully saturated rings. The molecule has 1 N–H and O–H groups in total. The molecule has 3 rings (SSSR count). The molecule has 1 atom stereocenters. The molecule has 0 bridgehead atoms. The number of hydroxylamine groups is 1. The molecule has 0 aromatic heterocycles. The van der Waals surface area contributed by atoms with E-state index in [4.69, 9.17) is 24.2 Å². The summed E-state index contributed by atoms with van der Waals surface area (Å²) in [6.45, 7) is 2.13. The van der Waals surface area contributed by atoms with Gasteiger partial charge in [0.25, 0.3) is 0 Å². The predicted octanol–water partition coefficient (Wildman–Crippen LogP) is 3.62. The SMILES string of the molecule is CCCC1(OC(=O)C(=O)O)CCc2cc(OC)c(OC)cc2N(Oc2ccccc2)C1. The number of para-hydroxylation sites is 1. The lowest BCUT2D eigenvalue weighted by molar-refractivity contribution is -0.175. The molecule has 0 spiro atoms. The Balaban J connectivity index is 2.07. The average Bonchev–Trinajstić information content (AvgIpc) is 2.90. The highest BCUT2D eigenvalue weighted by Crippen LogP contribution is 2.41. The molecular formula is C23H27NO7. The van der Waals surface area contributed by atoms with Gasteiger partial charge in [-0.2, -0.15) is 0 Å². The molecule has 31 heavy (non-hydrogen) atoms. The van der Waals surface area contributed by atoms with Crippen molar-refractivity contribution >= 4 is 17.6 Å². The fraction of sp³-hybridized carbons (Fsp3) is 0.391. The molecule has 166 valence electrons. The lowest BCUT2D eigenvalue weighted by Gasteiger charge is -2.35. The van der Waals surface area contributed by atoms with E-state index in [1.807, 2.05) is 49.4 Å². The third kappa shape index (κ3) is 5.02. The van der Waals surface area contributed by atoms with Crippen LogP contribution in [0.15, 0.2) is 42.5 Å². The predicted molar refractivity (Wildman–Crippen MR) is 114 cm³/mol. The van der Waals surface area contributed by atoms with Gasteiger partial charge in [0.15, 0.2) is 17.2 Å². The van der Waals surface area contributed by atoms with Gasteiger partial charge in [0, 0.05) is 6.07 Å². The number of ether oxygens (including phenoxy) is 3. The molecule has 0 amide bonds. The maximum absolute atomic E-state index is 12.0. The number of benzene rings is 2. The van der Waals surface area contributed by atoms with Crippen molar-refractivity contribution in [3.63, 3.8) is 0 Å². The van der Waals surface area contributed by atoms with Crippen LogP contribution in [0.3, 0.4) is 0 Å². The molecule has 0 radical (unpaired) electrons. The summed E-state index contributed by atoms with van der Waals surface area (Å²) in [6.07, 6.45) is 2.17. The van der Waals surface area contributed by atoms with Gasteiger partial charge in [-0.3, -0.25) is 0 Å². The first-order valence-electron chi connectivity index (χ1n) is 10.1. The average molecular weight is 429 g/mol. The number of carbonyl (C=O) groups is 2. The van der Waals surface area contributed by atoms with Gasteiger partial charge in [-0.25, -0.2) is 14.7 Å². The minimum Gasteiger partial charge on any atom is -0.493 e. The fourth-order valence-corrected chi connectivity index (χ4v) is 3.86. The first-order chi connectivity index (χ1) is 14.9. The van der Waals surface area contributed by atoms with Crippen LogP contribution in [0.2, 0.25) is 0 Å². The van der Waals surface area contributed by atoms with Crippen molar-refractivity contribution in [3.8, 4) is 17.2 Å². The van der Waals surface area contributed by atoms with Crippen molar-refractivity contribution in [1.82, 2.24) is 0 Å². The number of methoxy groups -OCH3 is 2. The first-order valence-corrected chi connectivity index (χ1v) is 10.1. The molecule has 1 heterocycles. The lowest BCUT2D eigenvalue weighted by Crippen LogP contribution is -2.48. The Bertz CT molecular complexity index is 931. The normalized spacial score (nSPS) is 17.8. The zero-order valence-electron chi connectivity index (χ0n) is 17.9. The highest BCUT2D eigenvalue weighted by molar-refractivity contribution is 6.28. The van der Waals surface area contributed by atoms with Crippen molar-refractivity contribution in [1.29, 1.82) is 0 Å². The largest absolute Gasteiger partial charge is 0.493 e. The first kappa shape index (κ1) is 22.3. The molecule has 0 aliphatic carbocycles. The molecule has 0 saturated carbocycles. The zero-order valence-corrected chi connectivity index (χ0v) is 17.9. The number of anilines is 1. The molecule has 1 aliphatic rings. The standard InChI is InChI=1S/C23H27NO7/c1-4-11-23(30-22(27)21(25)26)12-10-16-13-19(28-2)20(29-3)14-18(16)24(15-23)31-17-8-6-5-7-9-17/h5-9,13-14H,4,10-12,15H2,1-3H3,(H,25,26). The number of carboxylic acid groups (broad SMARTS) is 1. The van der Waals surface area contributed by atoms with Gasteiger partial charge in [0.2, 0.25) is 0 Å². The van der Waals surface area contributed by atoms with Crippen LogP contribution in [0.4, 0.5) is 5.69 Å². The van der Waals surface area contributed by atoms with Crippen molar-refractivity contribution in [2.75, 3.05) is 25.8 Å². The molecule has 0 saturated heterocycles. The van der Waals surface area contributed by atoms with Crippen LogP contribution in [-0.4, -0.2) is 43.4 Å². The van der Waals surface area contributed by atoms with Crippen LogP contribution >= 0.6 is 0 Å². The summed E-state index contributed by atoms with van der Waals surface area (Å²) in [6, 6.07) is 12.9. The second-order valence-corrected chi connectivity index (χ2v) is 7.40. The Hall–Kier alpha value is -3.42. The number of esters is 1. The van der Waals surface area contributed by atoms with E-state index in [1.54, 1.807) is 19.3 Å². The number of nitrogens with zero attached hydrogens (tertiary/aromatic N) is 1. The van der Waals surface area contributed by atoms with Crippen molar-refractivity contribution in [2.45, 2.75) is 38.2 Å². The highest BCUT2D eigenvalue weighted by Gasteiger charge is 2.41. The summed E-state index contributed by atoms with van der Waals surface area (Å²) in [5.41, 5.74) is 0.627. The minimum absolute atomic E-state index is 0.164. The van der Waals surface area contributed by atoms with Gasteiger partial charge >= 0.3 is 11.9 Å². The summed E-state index contributed by atoms with van der Waals surface area (Å²) < 4.78 is 16.5. The third-order valence-corrected chi connectivity index (χ3v) is 5.28. The number of fused-ring (bicyclic) bond motifs is 1. The summed E-state index contributed by atoms with van der Waals surface area (Å²) in [5, 5.41) is 10.8. The summed E-state index contributed by atoms with van der Waals surface area (Å²) in [5.74, 6) is -1.18. The maximum Gasteiger partial charge on any atom is 0.417 e. The van der Waals surface area contributed by atoms with Gasteiger partial charge < -0.3 is 24.2 Å². The van der Waals surface area contributed by atoms with E-state index < -0.39 is 17.5 Å². The molecule has 8 heteroatoms.